The van der Waals surface area contributed by atoms with Crippen molar-refractivity contribution in [2.45, 2.75) is 5.16 Å². The zero-order chi connectivity index (χ0) is 23.8. The van der Waals surface area contributed by atoms with E-state index in [1.54, 1.807) is 18.2 Å². The molecule has 0 saturated heterocycles. The van der Waals surface area contributed by atoms with Gasteiger partial charge in [-0.2, -0.15) is 0 Å². The van der Waals surface area contributed by atoms with Crippen LogP contribution in [0.4, 0.5) is 0 Å². The minimum atomic E-state index is -0.0359. The number of benzene rings is 3. The number of aromatic amines is 1. The van der Waals surface area contributed by atoms with E-state index in [-0.39, 0.29) is 11.5 Å². The summed E-state index contributed by atoms with van der Waals surface area (Å²) in [6.07, 6.45) is 1.93. The molecule has 9 heteroatoms. The largest absolute Gasteiger partial charge is 0.486 e. The van der Waals surface area contributed by atoms with Gasteiger partial charge in [-0.25, -0.2) is 0 Å². The predicted molar refractivity (Wildman–Crippen MR) is 136 cm³/mol. The lowest BCUT2D eigenvalue weighted by Crippen LogP contribution is -2.16. The fourth-order valence-corrected chi connectivity index (χ4v) is 5.02. The standard InChI is InChI=1S/C26H19ClN4O3S/c27-17-6-8-18(9-7-17)31-25(20-14-28-21-4-2-1-3-19(20)21)29-30-26(31)35-15-22(32)16-5-10-23-24(13-16)34-12-11-33-23/h1-10,13-14,28H,11-12,15H2. The molecule has 0 bridgehead atoms. The van der Waals surface area contributed by atoms with Crippen LogP contribution in [0.1, 0.15) is 10.4 Å². The number of nitrogens with one attached hydrogen (secondary N) is 1. The molecule has 2 aromatic heterocycles. The van der Waals surface area contributed by atoms with Crippen LogP contribution in [-0.2, 0) is 0 Å². The van der Waals surface area contributed by atoms with Gasteiger partial charge in [-0.1, -0.05) is 41.6 Å². The van der Waals surface area contributed by atoms with Crippen molar-refractivity contribution >= 4 is 40.0 Å². The maximum atomic E-state index is 13.0. The van der Waals surface area contributed by atoms with E-state index in [0.717, 1.165) is 22.2 Å². The number of para-hydroxylation sites is 1. The minimum Gasteiger partial charge on any atom is -0.486 e. The van der Waals surface area contributed by atoms with Crippen LogP contribution in [0.15, 0.2) is 78.1 Å². The molecule has 0 spiro atoms. The maximum Gasteiger partial charge on any atom is 0.196 e. The third-order valence-corrected chi connectivity index (χ3v) is 6.93. The molecule has 0 unspecified atom stereocenters. The Morgan fingerprint density at radius 3 is 2.66 bits per heavy atom. The number of nitrogens with zero attached hydrogens (tertiary/aromatic N) is 3. The van der Waals surface area contributed by atoms with E-state index < -0.39 is 0 Å². The molecule has 0 amide bonds. The Kier molecular flexibility index (Phi) is 5.67. The summed E-state index contributed by atoms with van der Waals surface area (Å²) in [5.74, 6) is 2.09. The SMILES string of the molecule is O=C(CSc1nnc(-c2c[nH]c3ccccc23)n1-c1ccc(Cl)cc1)c1ccc2c(c1)OCCO2. The number of thioether (sulfide) groups is 1. The van der Waals surface area contributed by atoms with Crippen molar-refractivity contribution in [3.05, 3.63) is 83.5 Å². The Labute approximate surface area is 210 Å². The summed E-state index contributed by atoms with van der Waals surface area (Å²) in [6.45, 7) is 0.982. The fraction of sp³-hybridized carbons (Fsp3) is 0.115. The van der Waals surface area contributed by atoms with E-state index in [0.29, 0.717) is 46.3 Å². The van der Waals surface area contributed by atoms with E-state index in [1.165, 1.54) is 11.8 Å². The third-order valence-electron chi connectivity index (χ3n) is 5.74. The number of H-pyrrole nitrogens is 1. The van der Waals surface area contributed by atoms with E-state index in [4.69, 9.17) is 21.1 Å². The van der Waals surface area contributed by atoms with Crippen molar-refractivity contribution in [3.63, 3.8) is 0 Å². The van der Waals surface area contributed by atoms with Gasteiger partial charge in [0.05, 0.1) is 5.75 Å². The number of hydrogen-bond acceptors (Lipinski definition) is 6. The number of carbonyl (C=O) groups is 1. The highest BCUT2D eigenvalue weighted by Crippen LogP contribution is 2.34. The molecule has 0 atom stereocenters. The fourth-order valence-electron chi connectivity index (χ4n) is 4.05. The van der Waals surface area contributed by atoms with Gasteiger partial charge in [0.15, 0.2) is 28.3 Å². The van der Waals surface area contributed by atoms with Crippen molar-refractivity contribution < 1.29 is 14.3 Å². The van der Waals surface area contributed by atoms with E-state index in [9.17, 15) is 4.79 Å². The molecular weight excluding hydrogens is 484 g/mol. The van der Waals surface area contributed by atoms with Crippen LogP contribution >= 0.6 is 23.4 Å². The first-order valence-electron chi connectivity index (χ1n) is 11.0. The number of halogens is 1. The molecule has 1 aliphatic heterocycles. The van der Waals surface area contributed by atoms with E-state index in [1.807, 2.05) is 59.3 Å². The van der Waals surface area contributed by atoms with Gasteiger partial charge in [-0.15, -0.1) is 10.2 Å². The second kappa shape index (κ2) is 9.13. The Bertz CT molecular complexity index is 1540. The number of rotatable bonds is 6. The molecule has 6 rings (SSSR count). The lowest BCUT2D eigenvalue weighted by atomic mass is 10.1. The third kappa shape index (κ3) is 4.15. The normalized spacial score (nSPS) is 12.7. The molecule has 1 N–H and O–H groups in total. The number of aromatic nitrogens is 4. The summed E-state index contributed by atoms with van der Waals surface area (Å²) in [5, 5.41) is 11.2. The summed E-state index contributed by atoms with van der Waals surface area (Å²) >= 11 is 7.47. The quantitative estimate of drug-likeness (QED) is 0.233. The monoisotopic (exact) mass is 502 g/mol. The van der Waals surface area contributed by atoms with Gasteiger partial charge in [0.2, 0.25) is 0 Å². The minimum absolute atomic E-state index is 0.0359. The van der Waals surface area contributed by atoms with Gasteiger partial charge in [0.25, 0.3) is 0 Å². The molecule has 0 fully saturated rings. The van der Waals surface area contributed by atoms with Crippen molar-refractivity contribution in [3.8, 4) is 28.6 Å². The van der Waals surface area contributed by atoms with Crippen LogP contribution in [0, 0.1) is 0 Å². The molecule has 0 aliphatic carbocycles. The maximum absolute atomic E-state index is 13.0. The van der Waals surface area contributed by atoms with Gasteiger partial charge in [-0.05, 0) is 48.5 Å². The zero-order valence-electron chi connectivity index (χ0n) is 18.4. The topological polar surface area (TPSA) is 82.0 Å². The summed E-state index contributed by atoms with van der Waals surface area (Å²) in [5.41, 5.74) is 3.36. The van der Waals surface area contributed by atoms with Crippen molar-refractivity contribution in [2.75, 3.05) is 19.0 Å². The number of ether oxygens (including phenoxy) is 2. The second-order valence-corrected chi connectivity index (χ2v) is 9.32. The molecule has 3 aromatic carbocycles. The van der Waals surface area contributed by atoms with Crippen LogP contribution in [0.3, 0.4) is 0 Å². The lowest BCUT2D eigenvalue weighted by molar-refractivity contribution is 0.102. The number of Topliss-reactive ketones (excluding diaryl/α,β-unsaturated/α-hetero) is 1. The van der Waals surface area contributed by atoms with Gasteiger partial charge in [0.1, 0.15) is 13.2 Å². The van der Waals surface area contributed by atoms with Crippen molar-refractivity contribution in [1.82, 2.24) is 19.7 Å². The number of carbonyl (C=O) groups excluding carboxylic acids is 1. The van der Waals surface area contributed by atoms with Crippen LogP contribution in [-0.4, -0.2) is 44.5 Å². The highest BCUT2D eigenvalue weighted by Gasteiger charge is 2.21. The Balaban J connectivity index is 1.34. The number of hydrogen-bond donors (Lipinski definition) is 1. The first kappa shape index (κ1) is 21.8. The highest BCUT2D eigenvalue weighted by atomic mass is 35.5. The van der Waals surface area contributed by atoms with Crippen molar-refractivity contribution in [2.24, 2.45) is 0 Å². The Morgan fingerprint density at radius 2 is 1.80 bits per heavy atom. The molecule has 7 nitrogen and oxygen atoms in total. The molecule has 5 aromatic rings. The first-order valence-corrected chi connectivity index (χ1v) is 12.4. The molecular formula is C26H19ClN4O3S. The molecule has 0 saturated carbocycles. The van der Waals surface area contributed by atoms with Gasteiger partial charge in [0, 0.05) is 38.9 Å². The average molecular weight is 503 g/mol. The van der Waals surface area contributed by atoms with Crippen LogP contribution in [0.5, 0.6) is 11.5 Å². The predicted octanol–water partition coefficient (Wildman–Crippen LogP) is 5.82. The summed E-state index contributed by atoms with van der Waals surface area (Å²) in [4.78, 5) is 16.3. The Hall–Kier alpha value is -3.75. The lowest BCUT2D eigenvalue weighted by Gasteiger charge is -2.18. The van der Waals surface area contributed by atoms with Crippen LogP contribution < -0.4 is 9.47 Å². The first-order chi connectivity index (χ1) is 17.2. The number of ketones is 1. The molecule has 3 heterocycles. The molecule has 35 heavy (non-hydrogen) atoms. The Morgan fingerprint density at radius 1 is 1.00 bits per heavy atom. The van der Waals surface area contributed by atoms with Crippen LogP contribution in [0.25, 0.3) is 28.0 Å². The van der Waals surface area contributed by atoms with Gasteiger partial charge < -0.3 is 14.5 Å². The zero-order valence-corrected chi connectivity index (χ0v) is 20.0. The summed E-state index contributed by atoms with van der Waals surface area (Å²) in [6, 6.07) is 20.8. The van der Waals surface area contributed by atoms with E-state index in [2.05, 4.69) is 15.2 Å². The van der Waals surface area contributed by atoms with Crippen LogP contribution in [0.2, 0.25) is 5.02 Å². The van der Waals surface area contributed by atoms with Crippen molar-refractivity contribution in [1.29, 1.82) is 0 Å². The smallest absolute Gasteiger partial charge is 0.196 e. The van der Waals surface area contributed by atoms with Gasteiger partial charge in [-0.3, -0.25) is 9.36 Å². The number of fused-ring (bicyclic) bond motifs is 2. The second-order valence-electron chi connectivity index (χ2n) is 7.94. The molecule has 174 valence electrons. The van der Waals surface area contributed by atoms with Gasteiger partial charge >= 0.3 is 0 Å². The summed E-state index contributed by atoms with van der Waals surface area (Å²) < 4.78 is 13.1. The molecule has 1 aliphatic rings. The average Bonchev–Trinajstić information content (AvgIpc) is 3.51. The highest BCUT2D eigenvalue weighted by molar-refractivity contribution is 7.99. The molecule has 0 radical (unpaired) electrons. The van der Waals surface area contributed by atoms with E-state index >= 15 is 0 Å². The summed E-state index contributed by atoms with van der Waals surface area (Å²) in [7, 11) is 0.